The summed E-state index contributed by atoms with van der Waals surface area (Å²) in [5.41, 5.74) is 0.320. The van der Waals surface area contributed by atoms with E-state index in [9.17, 15) is 34.7 Å². The fourth-order valence-electron chi connectivity index (χ4n) is 5.66. The number of hydrogen-bond acceptors (Lipinski definition) is 8. The van der Waals surface area contributed by atoms with Crippen molar-refractivity contribution in [1.29, 1.82) is 0 Å². The quantitative estimate of drug-likeness (QED) is 0.177. The summed E-state index contributed by atoms with van der Waals surface area (Å²) in [6.07, 6.45) is 2.66. The average molecular weight is 615 g/mol. The summed E-state index contributed by atoms with van der Waals surface area (Å²) in [7, 11) is 0. The van der Waals surface area contributed by atoms with Gasteiger partial charge in [-0.1, -0.05) is 61.5 Å². The van der Waals surface area contributed by atoms with E-state index in [4.69, 9.17) is 4.74 Å². The molecule has 5 rings (SSSR count). The van der Waals surface area contributed by atoms with Crippen molar-refractivity contribution in [2.24, 2.45) is 5.92 Å². The number of non-ortho nitro benzene ring substituents is 1. The minimum absolute atomic E-state index is 0.0378. The fourth-order valence-corrected chi connectivity index (χ4v) is 5.66. The molecule has 0 aliphatic carbocycles. The first kappa shape index (κ1) is 31.4. The molecular weight excluding hydrogens is 580 g/mol. The molecule has 0 unspecified atom stereocenters. The lowest BCUT2D eigenvalue weighted by molar-refractivity contribution is -0.385. The number of aliphatic hydroxyl groups is 2. The highest BCUT2D eigenvalue weighted by atomic mass is 16.6. The van der Waals surface area contributed by atoms with E-state index in [0.29, 0.717) is 36.6 Å². The van der Waals surface area contributed by atoms with Gasteiger partial charge < -0.3 is 24.7 Å². The van der Waals surface area contributed by atoms with Crippen LogP contribution in [0.25, 0.3) is 0 Å². The van der Waals surface area contributed by atoms with E-state index in [1.807, 2.05) is 30.3 Å². The molecule has 3 aromatic rings. The predicted molar refractivity (Wildman–Crippen MR) is 165 cm³/mol. The van der Waals surface area contributed by atoms with Gasteiger partial charge in [-0.2, -0.15) is 0 Å². The van der Waals surface area contributed by atoms with Gasteiger partial charge in [0.15, 0.2) is 5.60 Å². The van der Waals surface area contributed by atoms with E-state index in [2.05, 4.69) is 0 Å². The van der Waals surface area contributed by atoms with E-state index >= 15 is 0 Å². The number of carbonyl (C=O) groups is 3. The number of nitrogens with zero attached hydrogens (tertiary/aromatic N) is 4. The van der Waals surface area contributed by atoms with Crippen molar-refractivity contribution in [3.63, 3.8) is 0 Å². The summed E-state index contributed by atoms with van der Waals surface area (Å²) in [6, 6.07) is 20.3. The van der Waals surface area contributed by atoms with E-state index < -0.39 is 28.4 Å². The van der Waals surface area contributed by atoms with Crippen LogP contribution in [0.2, 0.25) is 0 Å². The highest BCUT2D eigenvalue weighted by Gasteiger charge is 2.53. The molecule has 2 aliphatic heterocycles. The monoisotopic (exact) mass is 614 g/mol. The Bertz CT molecular complexity index is 1610. The molecule has 2 aliphatic rings. The number of aliphatic hydroxyl groups excluding tert-OH is 1. The molecule has 0 saturated carbocycles. The Morgan fingerprint density at radius 2 is 1.84 bits per heavy atom. The van der Waals surface area contributed by atoms with Crippen LogP contribution in [-0.2, 0) is 33.0 Å². The van der Waals surface area contributed by atoms with Gasteiger partial charge in [-0.3, -0.25) is 24.6 Å². The minimum atomic E-state index is -2.13. The first-order chi connectivity index (χ1) is 21.6. The summed E-state index contributed by atoms with van der Waals surface area (Å²) >= 11 is 0. The molecule has 0 bridgehead atoms. The maximum atomic E-state index is 13.9. The standard InChI is InChI=1S/C33H34N4O8/c1-23(6-5-9-30(39)34(16-18-38)21-24-7-3-2-4-8-24)33(42)28-20-27(37(43)44)14-15-29(28)36(31(33)40)22-25-10-12-26(13-11-25)35-17-19-45-32(35)41/h2-8,10-15,20,23,38,42H,9,16-19,21-22H2,1H3/b6-5+/t23-,33+/m1/s1. The second kappa shape index (κ2) is 13.3. The van der Waals surface area contributed by atoms with Crippen molar-refractivity contribution in [1.82, 2.24) is 4.90 Å². The number of amides is 3. The number of anilines is 2. The van der Waals surface area contributed by atoms with E-state index in [-0.39, 0.29) is 43.3 Å². The van der Waals surface area contributed by atoms with Crippen molar-refractivity contribution in [2.75, 3.05) is 36.1 Å². The van der Waals surface area contributed by atoms with Crippen LogP contribution in [0.15, 0.2) is 84.9 Å². The smallest absolute Gasteiger partial charge is 0.414 e. The molecule has 2 heterocycles. The van der Waals surface area contributed by atoms with E-state index in [1.165, 1.54) is 32.9 Å². The molecule has 234 valence electrons. The molecule has 12 heteroatoms. The highest BCUT2D eigenvalue weighted by Crippen LogP contribution is 2.47. The van der Waals surface area contributed by atoms with Crippen LogP contribution in [0, 0.1) is 16.0 Å². The maximum Gasteiger partial charge on any atom is 0.414 e. The molecular formula is C33H34N4O8. The number of carbonyl (C=O) groups excluding carboxylic acids is 3. The topological polar surface area (TPSA) is 154 Å². The fraction of sp³-hybridized carbons (Fsp3) is 0.303. The Morgan fingerprint density at radius 1 is 1.11 bits per heavy atom. The molecule has 2 atom stereocenters. The van der Waals surface area contributed by atoms with Crippen molar-refractivity contribution in [2.45, 2.75) is 32.0 Å². The van der Waals surface area contributed by atoms with E-state index in [1.54, 1.807) is 43.3 Å². The van der Waals surface area contributed by atoms with Gasteiger partial charge in [-0.15, -0.1) is 0 Å². The Morgan fingerprint density at radius 3 is 2.49 bits per heavy atom. The van der Waals surface area contributed by atoms with Crippen LogP contribution in [-0.4, -0.2) is 64.2 Å². The lowest BCUT2D eigenvalue weighted by Gasteiger charge is -2.28. The molecule has 0 spiro atoms. The number of hydrogen-bond donors (Lipinski definition) is 2. The van der Waals surface area contributed by atoms with Gasteiger partial charge in [0.2, 0.25) is 5.91 Å². The molecule has 1 fully saturated rings. The SMILES string of the molecule is C[C@H](/C=C/CC(=O)N(CCO)Cc1ccccc1)[C@@]1(O)C(=O)N(Cc2ccc(N3CCOC3=O)cc2)c2ccc([N+](=O)[O-])cc21. The van der Waals surface area contributed by atoms with Gasteiger partial charge in [-0.25, -0.2) is 4.79 Å². The highest BCUT2D eigenvalue weighted by molar-refractivity contribution is 6.07. The second-order valence-corrected chi connectivity index (χ2v) is 11.0. The van der Waals surface area contributed by atoms with Crippen molar-refractivity contribution in [3.8, 4) is 0 Å². The van der Waals surface area contributed by atoms with Gasteiger partial charge in [-0.05, 0) is 29.3 Å². The summed E-state index contributed by atoms with van der Waals surface area (Å²) in [4.78, 5) is 54.3. The van der Waals surface area contributed by atoms with Crippen LogP contribution < -0.4 is 9.80 Å². The van der Waals surface area contributed by atoms with Gasteiger partial charge >= 0.3 is 6.09 Å². The number of nitro benzene ring substituents is 1. The zero-order valence-corrected chi connectivity index (χ0v) is 24.7. The zero-order chi connectivity index (χ0) is 32.1. The van der Waals surface area contributed by atoms with Gasteiger partial charge in [0, 0.05) is 48.8 Å². The average Bonchev–Trinajstić information content (AvgIpc) is 3.56. The Balaban J connectivity index is 1.35. The van der Waals surface area contributed by atoms with Crippen LogP contribution in [0.1, 0.15) is 30.0 Å². The van der Waals surface area contributed by atoms with Crippen LogP contribution in [0.5, 0.6) is 0 Å². The minimum Gasteiger partial charge on any atom is -0.447 e. The number of cyclic esters (lactones) is 1. The first-order valence-corrected chi connectivity index (χ1v) is 14.6. The van der Waals surface area contributed by atoms with Crippen molar-refractivity contribution < 1.29 is 34.3 Å². The molecule has 0 radical (unpaired) electrons. The number of fused-ring (bicyclic) bond motifs is 1. The summed E-state index contributed by atoms with van der Waals surface area (Å²) in [6.45, 7) is 2.69. The summed E-state index contributed by atoms with van der Waals surface area (Å²) in [5.74, 6) is -1.75. The van der Waals surface area contributed by atoms with Crippen LogP contribution >= 0.6 is 0 Å². The second-order valence-electron chi connectivity index (χ2n) is 11.0. The Hall–Kier alpha value is -5.07. The number of benzene rings is 3. The third-order valence-electron chi connectivity index (χ3n) is 8.13. The molecule has 1 saturated heterocycles. The number of ether oxygens (including phenoxy) is 1. The van der Waals surface area contributed by atoms with Crippen molar-refractivity contribution >= 4 is 35.0 Å². The number of nitro groups is 1. The largest absolute Gasteiger partial charge is 0.447 e. The zero-order valence-electron chi connectivity index (χ0n) is 24.7. The van der Waals surface area contributed by atoms with Gasteiger partial charge in [0.05, 0.1) is 30.3 Å². The van der Waals surface area contributed by atoms with Gasteiger partial charge in [0.1, 0.15) is 6.61 Å². The molecule has 45 heavy (non-hydrogen) atoms. The first-order valence-electron chi connectivity index (χ1n) is 14.6. The third kappa shape index (κ3) is 6.42. The van der Waals surface area contributed by atoms with Crippen LogP contribution in [0.4, 0.5) is 21.9 Å². The van der Waals surface area contributed by atoms with Crippen LogP contribution in [0.3, 0.4) is 0 Å². The number of rotatable bonds is 12. The lowest BCUT2D eigenvalue weighted by atomic mass is 9.82. The molecule has 0 aromatic heterocycles. The third-order valence-corrected chi connectivity index (χ3v) is 8.13. The molecule has 2 N–H and O–H groups in total. The molecule has 12 nitrogen and oxygen atoms in total. The Labute approximate surface area is 259 Å². The van der Waals surface area contributed by atoms with Crippen molar-refractivity contribution in [3.05, 3.63) is 112 Å². The Kier molecular flexibility index (Phi) is 9.26. The normalized spacial score (nSPS) is 18.3. The van der Waals surface area contributed by atoms with Gasteiger partial charge in [0.25, 0.3) is 11.6 Å². The predicted octanol–water partition coefficient (Wildman–Crippen LogP) is 3.89. The lowest BCUT2D eigenvalue weighted by Crippen LogP contribution is -2.44. The molecule has 3 aromatic carbocycles. The summed E-state index contributed by atoms with van der Waals surface area (Å²) in [5, 5.41) is 33.1. The molecule has 3 amide bonds. The van der Waals surface area contributed by atoms with E-state index in [0.717, 1.165) is 5.56 Å². The maximum absolute atomic E-state index is 13.9. The summed E-state index contributed by atoms with van der Waals surface area (Å²) < 4.78 is 4.99.